The Morgan fingerprint density at radius 3 is 2.68 bits per heavy atom. The van der Waals surface area contributed by atoms with Gasteiger partial charge >= 0.3 is 5.97 Å². The zero-order chi connectivity index (χ0) is 22.2. The third-order valence-corrected chi connectivity index (χ3v) is 6.47. The number of para-hydroxylation sites is 1. The van der Waals surface area contributed by atoms with Gasteiger partial charge in [0.1, 0.15) is 18.1 Å². The van der Waals surface area contributed by atoms with Gasteiger partial charge in [-0.15, -0.1) is 11.8 Å². The molecule has 0 spiro atoms. The molecule has 0 N–H and O–H groups in total. The average Bonchev–Trinajstić information content (AvgIpc) is 3.09. The van der Waals surface area contributed by atoms with Crippen molar-refractivity contribution in [1.29, 1.82) is 0 Å². The van der Waals surface area contributed by atoms with E-state index in [9.17, 15) is 14.0 Å². The number of carbonyl (C=O) groups excluding carboxylic acids is 2. The molecule has 31 heavy (non-hydrogen) atoms. The Hall–Kier alpha value is -2.65. The van der Waals surface area contributed by atoms with Crippen molar-refractivity contribution in [1.82, 2.24) is 4.57 Å². The lowest BCUT2D eigenvalue weighted by Gasteiger charge is -2.05. The summed E-state index contributed by atoms with van der Waals surface area (Å²) >= 11 is 2.82. The zero-order valence-electron chi connectivity index (χ0n) is 17.3. The third-order valence-electron chi connectivity index (χ3n) is 4.33. The third kappa shape index (κ3) is 6.18. The minimum absolute atomic E-state index is 0.200. The number of nitrogens with zero attached hydrogens (tertiary/aromatic N) is 2. The maximum atomic E-state index is 14.4. The van der Waals surface area contributed by atoms with E-state index in [-0.39, 0.29) is 31.0 Å². The molecule has 0 atom stereocenters. The fourth-order valence-electron chi connectivity index (χ4n) is 2.90. The summed E-state index contributed by atoms with van der Waals surface area (Å²) in [4.78, 5) is 30.0. The van der Waals surface area contributed by atoms with E-state index in [1.54, 1.807) is 37.9 Å². The highest BCUT2D eigenvalue weighted by Gasteiger charge is 2.15. The Balaban J connectivity index is 1.69. The monoisotopic (exact) mass is 462 g/mol. The van der Waals surface area contributed by atoms with Crippen molar-refractivity contribution in [3.05, 3.63) is 53.1 Å². The quantitative estimate of drug-likeness (QED) is 0.268. The van der Waals surface area contributed by atoms with Gasteiger partial charge in [0.15, 0.2) is 4.80 Å². The number of fused-ring (bicyclic) bond motifs is 1. The standard InChI is InChI=1S/C22H23FN2O4S2/c1-3-29-20(27)14-25-21-17(23)6-4-7-18(21)31-22(25)24-19(26)8-5-13-30-16-11-9-15(28-2)10-12-16/h4,6-7,9-12H,3,5,8,13-14H2,1-2H3. The molecule has 0 aliphatic carbocycles. The Labute approximate surface area is 187 Å². The van der Waals surface area contributed by atoms with Crippen LogP contribution in [0.1, 0.15) is 19.8 Å². The summed E-state index contributed by atoms with van der Waals surface area (Å²) in [6.45, 7) is 1.73. The molecule has 0 bridgehead atoms. The number of benzene rings is 2. The van der Waals surface area contributed by atoms with Crippen LogP contribution in [0.15, 0.2) is 52.4 Å². The number of amides is 1. The first-order chi connectivity index (χ1) is 15.0. The largest absolute Gasteiger partial charge is 0.497 e. The van der Waals surface area contributed by atoms with Crippen molar-refractivity contribution < 1.29 is 23.5 Å². The summed E-state index contributed by atoms with van der Waals surface area (Å²) in [5, 5.41) is 0. The highest BCUT2D eigenvalue weighted by atomic mass is 32.2. The molecule has 6 nitrogen and oxygen atoms in total. The Morgan fingerprint density at radius 1 is 1.19 bits per heavy atom. The van der Waals surface area contributed by atoms with Gasteiger partial charge < -0.3 is 14.0 Å². The number of esters is 1. The second-order valence-corrected chi connectivity index (χ2v) is 8.67. The van der Waals surface area contributed by atoms with E-state index < -0.39 is 11.8 Å². The van der Waals surface area contributed by atoms with Crippen LogP contribution in [0.5, 0.6) is 5.75 Å². The summed E-state index contributed by atoms with van der Waals surface area (Å²) in [7, 11) is 1.62. The first-order valence-corrected chi connectivity index (χ1v) is 11.6. The lowest BCUT2D eigenvalue weighted by atomic mass is 10.3. The van der Waals surface area contributed by atoms with Gasteiger partial charge in [0, 0.05) is 11.3 Å². The molecule has 2 aromatic carbocycles. The normalized spacial score (nSPS) is 11.6. The van der Waals surface area contributed by atoms with Crippen LogP contribution in [-0.4, -0.2) is 35.9 Å². The van der Waals surface area contributed by atoms with Gasteiger partial charge in [0.2, 0.25) is 5.91 Å². The molecule has 1 aromatic heterocycles. The number of halogens is 1. The van der Waals surface area contributed by atoms with Crippen LogP contribution in [0, 0.1) is 5.82 Å². The van der Waals surface area contributed by atoms with E-state index in [4.69, 9.17) is 9.47 Å². The predicted octanol–water partition coefficient (Wildman–Crippen LogP) is 4.41. The molecule has 0 unspecified atom stereocenters. The molecule has 0 aliphatic rings. The van der Waals surface area contributed by atoms with Crippen LogP contribution < -0.4 is 9.54 Å². The number of methoxy groups -OCH3 is 1. The number of thiazole rings is 1. The molecule has 0 radical (unpaired) electrons. The first kappa shape index (κ1) is 23.0. The molecular formula is C22H23FN2O4S2. The summed E-state index contributed by atoms with van der Waals surface area (Å²) in [6.07, 6.45) is 0.912. The maximum Gasteiger partial charge on any atom is 0.326 e. The Morgan fingerprint density at radius 2 is 1.97 bits per heavy atom. The molecule has 0 fully saturated rings. The fourth-order valence-corrected chi connectivity index (χ4v) is 4.82. The average molecular weight is 463 g/mol. The fraction of sp³-hybridized carbons (Fsp3) is 0.318. The van der Waals surface area contributed by atoms with Crippen LogP contribution in [0.3, 0.4) is 0 Å². The van der Waals surface area contributed by atoms with Gasteiger partial charge in [-0.1, -0.05) is 17.4 Å². The van der Waals surface area contributed by atoms with E-state index in [2.05, 4.69) is 4.99 Å². The smallest absolute Gasteiger partial charge is 0.326 e. The van der Waals surface area contributed by atoms with Gasteiger partial charge in [0.25, 0.3) is 0 Å². The van der Waals surface area contributed by atoms with Gasteiger partial charge in [0.05, 0.1) is 23.9 Å². The number of hydrogen-bond donors (Lipinski definition) is 0. The molecule has 9 heteroatoms. The van der Waals surface area contributed by atoms with Crippen LogP contribution in [-0.2, 0) is 20.9 Å². The molecule has 3 aromatic rings. The van der Waals surface area contributed by atoms with Crippen LogP contribution in [0.2, 0.25) is 0 Å². The topological polar surface area (TPSA) is 69.9 Å². The molecule has 0 saturated carbocycles. The van der Waals surface area contributed by atoms with Crippen molar-refractivity contribution >= 4 is 45.2 Å². The van der Waals surface area contributed by atoms with E-state index in [1.165, 1.54) is 22.0 Å². The second-order valence-electron chi connectivity index (χ2n) is 6.50. The number of aromatic nitrogens is 1. The lowest BCUT2D eigenvalue weighted by Crippen LogP contribution is -2.23. The Bertz CT molecular complexity index is 1120. The van der Waals surface area contributed by atoms with Crippen LogP contribution >= 0.6 is 23.1 Å². The lowest BCUT2D eigenvalue weighted by molar-refractivity contribution is -0.143. The van der Waals surface area contributed by atoms with Gasteiger partial charge in [-0.05, 0) is 55.5 Å². The molecule has 0 saturated heterocycles. The molecule has 1 heterocycles. The summed E-state index contributed by atoms with van der Waals surface area (Å²) in [6, 6.07) is 12.4. The number of ether oxygens (including phenoxy) is 2. The van der Waals surface area contributed by atoms with E-state index in [1.807, 2.05) is 24.3 Å². The van der Waals surface area contributed by atoms with Crippen molar-refractivity contribution in [3.63, 3.8) is 0 Å². The van der Waals surface area contributed by atoms with E-state index >= 15 is 0 Å². The number of carbonyl (C=O) groups is 2. The molecule has 164 valence electrons. The maximum absolute atomic E-state index is 14.4. The predicted molar refractivity (Wildman–Crippen MR) is 120 cm³/mol. The molecule has 1 amide bonds. The van der Waals surface area contributed by atoms with Gasteiger partial charge in [-0.25, -0.2) is 4.39 Å². The van der Waals surface area contributed by atoms with Crippen molar-refractivity contribution in [3.8, 4) is 5.75 Å². The van der Waals surface area contributed by atoms with E-state index in [0.717, 1.165) is 16.4 Å². The Kier molecular flexibility index (Phi) is 8.25. The molecule has 3 rings (SSSR count). The van der Waals surface area contributed by atoms with Crippen molar-refractivity contribution in [2.45, 2.75) is 31.2 Å². The first-order valence-electron chi connectivity index (χ1n) is 9.79. The summed E-state index contributed by atoms with van der Waals surface area (Å²) < 4.78 is 26.5. The SMILES string of the molecule is CCOC(=O)Cn1c(=NC(=O)CCCSc2ccc(OC)cc2)sc2cccc(F)c21. The van der Waals surface area contributed by atoms with Gasteiger partial charge in [-0.2, -0.15) is 4.99 Å². The van der Waals surface area contributed by atoms with E-state index in [0.29, 0.717) is 15.9 Å². The van der Waals surface area contributed by atoms with Gasteiger partial charge in [-0.3, -0.25) is 9.59 Å². The number of hydrogen-bond acceptors (Lipinski definition) is 6. The number of thioether (sulfide) groups is 1. The highest BCUT2D eigenvalue weighted by Crippen LogP contribution is 2.23. The molecular weight excluding hydrogens is 439 g/mol. The zero-order valence-corrected chi connectivity index (χ0v) is 18.9. The minimum Gasteiger partial charge on any atom is -0.497 e. The van der Waals surface area contributed by atoms with Crippen molar-refractivity contribution in [2.24, 2.45) is 4.99 Å². The van der Waals surface area contributed by atoms with Crippen LogP contribution in [0.25, 0.3) is 10.2 Å². The number of rotatable bonds is 9. The van der Waals surface area contributed by atoms with Crippen molar-refractivity contribution in [2.75, 3.05) is 19.5 Å². The summed E-state index contributed by atoms with van der Waals surface area (Å²) in [5.41, 5.74) is 0.252. The minimum atomic E-state index is -0.504. The second kappa shape index (κ2) is 11.1. The summed E-state index contributed by atoms with van der Waals surface area (Å²) in [5.74, 6) is 0.282. The highest BCUT2D eigenvalue weighted by molar-refractivity contribution is 7.99. The molecule has 0 aliphatic heterocycles. The van der Waals surface area contributed by atoms with Crippen LogP contribution in [0.4, 0.5) is 4.39 Å².